The quantitative estimate of drug-likeness (QED) is 0.522. The van der Waals surface area contributed by atoms with Crippen LogP contribution in [0.5, 0.6) is 0 Å². The number of hydrogen-bond donors (Lipinski definition) is 0. The first-order chi connectivity index (χ1) is 5.13. The van der Waals surface area contributed by atoms with Gasteiger partial charge < -0.3 is 4.74 Å². The summed E-state index contributed by atoms with van der Waals surface area (Å²) in [5, 5.41) is 0. The highest BCUT2D eigenvalue weighted by Gasteiger charge is 2.53. The molecule has 0 aromatic heterocycles. The maximum atomic E-state index is 5.58. The third-order valence-electron chi connectivity index (χ3n) is 2.52. The Labute approximate surface area is 67.7 Å². The van der Waals surface area contributed by atoms with Crippen molar-refractivity contribution in [3.05, 3.63) is 23.8 Å². The third-order valence-corrected chi connectivity index (χ3v) is 2.52. The van der Waals surface area contributed by atoms with E-state index in [1.165, 1.54) is 5.57 Å². The molecule has 2 atom stereocenters. The molecule has 0 spiro atoms. The van der Waals surface area contributed by atoms with Crippen molar-refractivity contribution in [3.8, 4) is 0 Å². The van der Waals surface area contributed by atoms with E-state index in [1.807, 2.05) is 0 Å². The van der Waals surface area contributed by atoms with Crippen molar-refractivity contribution in [1.82, 2.24) is 0 Å². The summed E-state index contributed by atoms with van der Waals surface area (Å²) in [5.41, 5.74) is 1.49. The molecular formula is C10H14O. The van der Waals surface area contributed by atoms with E-state index >= 15 is 0 Å². The van der Waals surface area contributed by atoms with Gasteiger partial charge in [-0.2, -0.15) is 0 Å². The molecule has 1 heterocycles. The summed E-state index contributed by atoms with van der Waals surface area (Å²) >= 11 is 0. The standard InChI is InChI=1S/C10H14O/c1-7(2)8-5-4-6-10(3)9(8)11-10/h4-7,9H,1-3H3. The van der Waals surface area contributed by atoms with Crippen LogP contribution in [-0.2, 0) is 4.74 Å². The van der Waals surface area contributed by atoms with Crippen molar-refractivity contribution in [2.24, 2.45) is 5.92 Å². The van der Waals surface area contributed by atoms with Gasteiger partial charge in [-0.15, -0.1) is 0 Å². The van der Waals surface area contributed by atoms with Crippen molar-refractivity contribution in [1.29, 1.82) is 0 Å². The van der Waals surface area contributed by atoms with Crippen molar-refractivity contribution in [2.75, 3.05) is 0 Å². The van der Waals surface area contributed by atoms with Gasteiger partial charge in [0.25, 0.3) is 0 Å². The van der Waals surface area contributed by atoms with E-state index in [0.717, 1.165) is 0 Å². The van der Waals surface area contributed by atoms with Gasteiger partial charge in [0.05, 0.1) is 0 Å². The summed E-state index contributed by atoms with van der Waals surface area (Å²) in [6, 6.07) is 0. The van der Waals surface area contributed by atoms with E-state index in [9.17, 15) is 0 Å². The minimum Gasteiger partial charge on any atom is -0.357 e. The fourth-order valence-electron chi connectivity index (χ4n) is 1.68. The average Bonchev–Trinajstić information content (AvgIpc) is 2.58. The van der Waals surface area contributed by atoms with Crippen LogP contribution >= 0.6 is 0 Å². The average molecular weight is 150 g/mol. The number of fused-ring (bicyclic) bond motifs is 1. The van der Waals surface area contributed by atoms with Crippen LogP contribution in [0.3, 0.4) is 0 Å². The highest BCUT2D eigenvalue weighted by Crippen LogP contribution is 2.46. The summed E-state index contributed by atoms with van der Waals surface area (Å²) in [6.07, 6.45) is 6.82. The first-order valence-corrected chi connectivity index (χ1v) is 4.20. The molecule has 0 amide bonds. The van der Waals surface area contributed by atoms with E-state index in [4.69, 9.17) is 4.74 Å². The Kier molecular flexibility index (Phi) is 1.28. The number of epoxide rings is 1. The molecule has 0 aromatic carbocycles. The normalized spacial score (nSPS) is 40.4. The van der Waals surface area contributed by atoms with Crippen LogP contribution in [0.4, 0.5) is 0 Å². The van der Waals surface area contributed by atoms with Crippen LogP contribution in [0.15, 0.2) is 23.8 Å². The predicted molar refractivity (Wildman–Crippen MR) is 45.3 cm³/mol. The molecule has 0 bridgehead atoms. The maximum absolute atomic E-state index is 5.58. The first kappa shape index (κ1) is 7.11. The number of hydrogen-bond acceptors (Lipinski definition) is 1. The smallest absolute Gasteiger partial charge is 0.115 e. The van der Waals surface area contributed by atoms with E-state index in [0.29, 0.717) is 12.0 Å². The molecule has 2 unspecified atom stereocenters. The predicted octanol–water partition coefficient (Wildman–Crippen LogP) is 2.30. The zero-order valence-corrected chi connectivity index (χ0v) is 7.29. The number of rotatable bonds is 1. The summed E-state index contributed by atoms with van der Waals surface area (Å²) in [5.74, 6) is 0.617. The molecule has 1 aliphatic carbocycles. The van der Waals surface area contributed by atoms with Crippen LogP contribution in [-0.4, -0.2) is 11.7 Å². The summed E-state index contributed by atoms with van der Waals surface area (Å²) in [7, 11) is 0. The largest absolute Gasteiger partial charge is 0.357 e. The van der Waals surface area contributed by atoms with Crippen LogP contribution < -0.4 is 0 Å². The molecule has 2 rings (SSSR count). The minimum atomic E-state index is 0.0500. The van der Waals surface area contributed by atoms with Gasteiger partial charge in [0.2, 0.25) is 0 Å². The molecule has 0 aromatic rings. The maximum Gasteiger partial charge on any atom is 0.115 e. The Morgan fingerprint density at radius 1 is 1.55 bits per heavy atom. The highest BCUT2D eigenvalue weighted by atomic mass is 16.6. The Hall–Kier alpha value is -0.560. The summed E-state index contributed by atoms with van der Waals surface area (Å²) < 4.78 is 5.58. The van der Waals surface area contributed by atoms with E-state index in [2.05, 4.69) is 39.0 Å². The molecular weight excluding hydrogens is 136 g/mol. The fraction of sp³-hybridized carbons (Fsp3) is 0.600. The molecule has 1 aliphatic heterocycles. The zero-order valence-electron chi connectivity index (χ0n) is 7.29. The van der Waals surface area contributed by atoms with E-state index in [-0.39, 0.29) is 5.60 Å². The van der Waals surface area contributed by atoms with Gasteiger partial charge in [-0.3, -0.25) is 0 Å². The van der Waals surface area contributed by atoms with Gasteiger partial charge >= 0.3 is 0 Å². The van der Waals surface area contributed by atoms with Crippen LogP contribution in [0, 0.1) is 5.92 Å². The van der Waals surface area contributed by atoms with Gasteiger partial charge in [0, 0.05) is 0 Å². The Morgan fingerprint density at radius 3 is 2.82 bits per heavy atom. The Balaban J connectivity index is 2.25. The molecule has 1 saturated heterocycles. The zero-order chi connectivity index (χ0) is 8.06. The van der Waals surface area contributed by atoms with Gasteiger partial charge in [0.1, 0.15) is 11.7 Å². The van der Waals surface area contributed by atoms with E-state index in [1.54, 1.807) is 0 Å². The Bertz CT molecular complexity index is 237. The van der Waals surface area contributed by atoms with Crippen molar-refractivity contribution in [2.45, 2.75) is 32.5 Å². The van der Waals surface area contributed by atoms with Gasteiger partial charge in [-0.25, -0.2) is 0 Å². The van der Waals surface area contributed by atoms with E-state index < -0.39 is 0 Å². The Morgan fingerprint density at radius 2 is 2.27 bits per heavy atom. The second-order valence-electron chi connectivity index (χ2n) is 3.86. The van der Waals surface area contributed by atoms with Crippen LogP contribution in [0.1, 0.15) is 20.8 Å². The lowest BCUT2D eigenvalue weighted by Crippen LogP contribution is -2.13. The molecule has 0 N–H and O–H groups in total. The summed E-state index contributed by atoms with van der Waals surface area (Å²) in [4.78, 5) is 0. The van der Waals surface area contributed by atoms with Gasteiger partial charge in [-0.1, -0.05) is 32.1 Å². The summed E-state index contributed by atoms with van der Waals surface area (Å²) in [6.45, 7) is 6.57. The first-order valence-electron chi connectivity index (χ1n) is 4.20. The lowest BCUT2D eigenvalue weighted by molar-refractivity contribution is 0.350. The molecule has 11 heavy (non-hydrogen) atoms. The van der Waals surface area contributed by atoms with Crippen LogP contribution in [0.2, 0.25) is 0 Å². The lowest BCUT2D eigenvalue weighted by atomic mass is 9.89. The number of ether oxygens (including phenoxy) is 1. The van der Waals surface area contributed by atoms with Gasteiger partial charge in [-0.05, 0) is 18.4 Å². The van der Waals surface area contributed by atoms with Crippen molar-refractivity contribution < 1.29 is 4.74 Å². The second kappa shape index (κ2) is 1.98. The van der Waals surface area contributed by atoms with Crippen molar-refractivity contribution in [3.63, 3.8) is 0 Å². The molecule has 2 aliphatic rings. The molecule has 0 radical (unpaired) electrons. The minimum absolute atomic E-state index is 0.0500. The monoisotopic (exact) mass is 150 g/mol. The molecule has 1 heteroatoms. The SMILES string of the molecule is CC(C)C1=CC=CC2(C)OC12. The van der Waals surface area contributed by atoms with Gasteiger partial charge in [0.15, 0.2) is 0 Å². The molecule has 60 valence electrons. The topological polar surface area (TPSA) is 12.5 Å². The molecule has 1 nitrogen and oxygen atoms in total. The number of allylic oxidation sites excluding steroid dienone is 2. The fourth-order valence-corrected chi connectivity index (χ4v) is 1.68. The van der Waals surface area contributed by atoms with Crippen molar-refractivity contribution >= 4 is 0 Å². The highest BCUT2D eigenvalue weighted by molar-refractivity contribution is 5.37. The molecule has 1 fully saturated rings. The second-order valence-corrected chi connectivity index (χ2v) is 3.86. The van der Waals surface area contributed by atoms with Crippen LogP contribution in [0.25, 0.3) is 0 Å². The lowest BCUT2D eigenvalue weighted by Gasteiger charge is -2.11. The molecule has 0 saturated carbocycles. The third kappa shape index (κ3) is 0.951.